The van der Waals surface area contributed by atoms with E-state index < -0.39 is 5.97 Å². The molecule has 0 bridgehead atoms. The molecular weight excluding hydrogens is 244 g/mol. The molecule has 2 heterocycles. The first kappa shape index (κ1) is 13.7. The van der Waals surface area contributed by atoms with Gasteiger partial charge in [0.15, 0.2) is 0 Å². The molecular formula is C13H20N4O2. The SMILES string of the molecule is COC(=O)c1nc(C)cc(NCC[C@H]2CCCN2)n1. The Morgan fingerprint density at radius 3 is 3.11 bits per heavy atom. The standard InChI is InChI=1S/C13H20N4O2/c1-9-8-11(17-12(16-9)13(18)19-2)15-7-5-10-4-3-6-14-10/h8,10,14H,3-7H2,1-2H3,(H,15,16,17)/t10-/m1/s1. The summed E-state index contributed by atoms with van der Waals surface area (Å²) in [4.78, 5) is 19.6. The van der Waals surface area contributed by atoms with Gasteiger partial charge in [-0.1, -0.05) is 0 Å². The fraction of sp³-hybridized carbons (Fsp3) is 0.615. The summed E-state index contributed by atoms with van der Waals surface area (Å²) >= 11 is 0. The van der Waals surface area contributed by atoms with Gasteiger partial charge in [0.1, 0.15) is 5.82 Å². The number of nitrogens with one attached hydrogen (secondary N) is 2. The fourth-order valence-electron chi connectivity index (χ4n) is 2.22. The second kappa shape index (κ2) is 6.47. The molecule has 1 aromatic heterocycles. The number of aryl methyl sites for hydroxylation is 1. The molecule has 0 spiro atoms. The van der Waals surface area contributed by atoms with E-state index in [1.54, 1.807) is 0 Å². The molecule has 1 atom stereocenters. The predicted molar refractivity (Wildman–Crippen MR) is 72.2 cm³/mol. The van der Waals surface area contributed by atoms with E-state index in [2.05, 4.69) is 25.3 Å². The van der Waals surface area contributed by atoms with Crippen molar-refractivity contribution in [2.75, 3.05) is 25.5 Å². The van der Waals surface area contributed by atoms with E-state index in [1.165, 1.54) is 20.0 Å². The molecule has 0 radical (unpaired) electrons. The Morgan fingerprint density at radius 2 is 2.42 bits per heavy atom. The van der Waals surface area contributed by atoms with Gasteiger partial charge in [0, 0.05) is 24.3 Å². The number of anilines is 1. The van der Waals surface area contributed by atoms with Crippen LogP contribution in [0.3, 0.4) is 0 Å². The van der Waals surface area contributed by atoms with Gasteiger partial charge < -0.3 is 15.4 Å². The molecule has 104 valence electrons. The molecule has 1 aliphatic rings. The number of aromatic nitrogens is 2. The molecule has 6 heteroatoms. The molecule has 0 aromatic carbocycles. The predicted octanol–water partition coefficient (Wildman–Crippen LogP) is 1.13. The highest BCUT2D eigenvalue weighted by atomic mass is 16.5. The van der Waals surface area contributed by atoms with E-state index in [0.717, 1.165) is 25.2 Å². The molecule has 1 aromatic rings. The molecule has 1 aliphatic heterocycles. The van der Waals surface area contributed by atoms with Gasteiger partial charge in [-0.25, -0.2) is 14.8 Å². The minimum Gasteiger partial charge on any atom is -0.463 e. The molecule has 2 N–H and O–H groups in total. The summed E-state index contributed by atoms with van der Waals surface area (Å²) in [5, 5.41) is 6.68. The quantitative estimate of drug-likeness (QED) is 0.776. The van der Waals surface area contributed by atoms with Crippen molar-refractivity contribution >= 4 is 11.8 Å². The largest absolute Gasteiger partial charge is 0.463 e. The molecule has 1 saturated heterocycles. The second-order valence-electron chi connectivity index (χ2n) is 4.72. The van der Waals surface area contributed by atoms with Gasteiger partial charge in [-0.2, -0.15) is 0 Å². The molecule has 0 amide bonds. The van der Waals surface area contributed by atoms with Crippen molar-refractivity contribution < 1.29 is 9.53 Å². The number of methoxy groups -OCH3 is 1. The summed E-state index contributed by atoms with van der Waals surface area (Å²) in [7, 11) is 1.33. The lowest BCUT2D eigenvalue weighted by Crippen LogP contribution is -2.24. The number of hydrogen-bond acceptors (Lipinski definition) is 6. The highest BCUT2D eigenvalue weighted by molar-refractivity contribution is 5.85. The molecule has 0 saturated carbocycles. The highest BCUT2D eigenvalue weighted by Gasteiger charge is 2.14. The van der Waals surface area contributed by atoms with Crippen molar-refractivity contribution in [1.82, 2.24) is 15.3 Å². The maximum absolute atomic E-state index is 11.4. The zero-order chi connectivity index (χ0) is 13.7. The second-order valence-corrected chi connectivity index (χ2v) is 4.72. The Bertz CT molecular complexity index is 444. The summed E-state index contributed by atoms with van der Waals surface area (Å²) in [6.07, 6.45) is 3.54. The summed E-state index contributed by atoms with van der Waals surface area (Å²) in [6.45, 7) is 3.77. The van der Waals surface area contributed by atoms with E-state index in [4.69, 9.17) is 0 Å². The van der Waals surface area contributed by atoms with Gasteiger partial charge >= 0.3 is 5.97 Å². The smallest absolute Gasteiger partial charge is 0.376 e. The minimum atomic E-state index is -0.510. The molecule has 0 aliphatic carbocycles. The van der Waals surface area contributed by atoms with Crippen LogP contribution < -0.4 is 10.6 Å². The summed E-state index contributed by atoms with van der Waals surface area (Å²) in [5.74, 6) is 0.263. The van der Waals surface area contributed by atoms with Crippen LogP contribution in [0.4, 0.5) is 5.82 Å². The average Bonchev–Trinajstić information content (AvgIpc) is 2.90. The van der Waals surface area contributed by atoms with E-state index in [-0.39, 0.29) is 5.82 Å². The Morgan fingerprint density at radius 1 is 1.58 bits per heavy atom. The van der Waals surface area contributed by atoms with E-state index in [0.29, 0.717) is 11.9 Å². The first-order valence-electron chi connectivity index (χ1n) is 6.60. The Hall–Kier alpha value is -1.69. The van der Waals surface area contributed by atoms with Gasteiger partial charge in [-0.05, 0) is 32.7 Å². The highest BCUT2D eigenvalue weighted by Crippen LogP contribution is 2.10. The van der Waals surface area contributed by atoms with Crippen molar-refractivity contribution in [2.45, 2.75) is 32.2 Å². The lowest BCUT2D eigenvalue weighted by Gasteiger charge is -2.11. The number of ether oxygens (including phenoxy) is 1. The van der Waals surface area contributed by atoms with Crippen molar-refractivity contribution in [3.8, 4) is 0 Å². The van der Waals surface area contributed by atoms with E-state index in [9.17, 15) is 4.79 Å². The van der Waals surface area contributed by atoms with Crippen molar-refractivity contribution in [3.05, 3.63) is 17.6 Å². The van der Waals surface area contributed by atoms with Gasteiger partial charge in [0.25, 0.3) is 0 Å². The molecule has 0 unspecified atom stereocenters. The first-order chi connectivity index (χ1) is 9.19. The van der Waals surface area contributed by atoms with Crippen molar-refractivity contribution in [3.63, 3.8) is 0 Å². The van der Waals surface area contributed by atoms with Crippen LogP contribution in [-0.4, -0.2) is 42.2 Å². The third-order valence-electron chi connectivity index (χ3n) is 3.18. The number of carbonyl (C=O) groups excluding carboxylic acids is 1. The maximum Gasteiger partial charge on any atom is 0.376 e. The van der Waals surface area contributed by atoms with Crippen LogP contribution in [0.25, 0.3) is 0 Å². The zero-order valence-electron chi connectivity index (χ0n) is 11.4. The van der Waals surface area contributed by atoms with Crippen molar-refractivity contribution in [2.24, 2.45) is 0 Å². The van der Waals surface area contributed by atoms with Crippen LogP contribution >= 0.6 is 0 Å². The summed E-state index contributed by atoms with van der Waals surface area (Å²) in [6, 6.07) is 2.42. The first-order valence-corrected chi connectivity index (χ1v) is 6.60. The van der Waals surface area contributed by atoms with Crippen LogP contribution in [-0.2, 0) is 4.74 Å². The number of hydrogen-bond donors (Lipinski definition) is 2. The van der Waals surface area contributed by atoms with Crippen LogP contribution in [0.15, 0.2) is 6.07 Å². The maximum atomic E-state index is 11.4. The molecule has 19 heavy (non-hydrogen) atoms. The number of rotatable bonds is 5. The van der Waals surface area contributed by atoms with Gasteiger partial charge in [0.05, 0.1) is 7.11 Å². The number of nitrogens with zero attached hydrogens (tertiary/aromatic N) is 2. The number of esters is 1. The summed E-state index contributed by atoms with van der Waals surface area (Å²) in [5.41, 5.74) is 0.747. The van der Waals surface area contributed by atoms with Crippen LogP contribution in [0, 0.1) is 6.92 Å². The third kappa shape index (κ3) is 3.89. The average molecular weight is 264 g/mol. The van der Waals surface area contributed by atoms with Gasteiger partial charge in [-0.15, -0.1) is 0 Å². The lowest BCUT2D eigenvalue weighted by atomic mass is 10.1. The van der Waals surface area contributed by atoms with E-state index in [1.807, 2.05) is 13.0 Å². The van der Waals surface area contributed by atoms with Crippen LogP contribution in [0.2, 0.25) is 0 Å². The molecule has 2 rings (SSSR count). The van der Waals surface area contributed by atoms with Crippen LogP contribution in [0.1, 0.15) is 35.6 Å². The number of carbonyl (C=O) groups is 1. The normalized spacial score (nSPS) is 18.3. The van der Waals surface area contributed by atoms with Gasteiger partial charge in [-0.3, -0.25) is 0 Å². The fourth-order valence-corrected chi connectivity index (χ4v) is 2.22. The van der Waals surface area contributed by atoms with Crippen LogP contribution in [0.5, 0.6) is 0 Å². The third-order valence-corrected chi connectivity index (χ3v) is 3.18. The topological polar surface area (TPSA) is 76.1 Å². The Balaban J connectivity index is 1.91. The van der Waals surface area contributed by atoms with Crippen molar-refractivity contribution in [1.29, 1.82) is 0 Å². The minimum absolute atomic E-state index is 0.101. The Labute approximate surface area is 113 Å². The van der Waals surface area contributed by atoms with Gasteiger partial charge in [0.2, 0.25) is 5.82 Å². The van der Waals surface area contributed by atoms with E-state index >= 15 is 0 Å². The monoisotopic (exact) mass is 264 g/mol. The lowest BCUT2D eigenvalue weighted by molar-refractivity contribution is 0.0586. The Kier molecular flexibility index (Phi) is 4.68. The summed E-state index contributed by atoms with van der Waals surface area (Å²) < 4.78 is 4.63. The molecule has 1 fully saturated rings. The molecule has 6 nitrogen and oxygen atoms in total. The zero-order valence-corrected chi connectivity index (χ0v) is 11.4.